The van der Waals surface area contributed by atoms with Gasteiger partial charge in [-0.05, 0) is 18.6 Å². The summed E-state index contributed by atoms with van der Waals surface area (Å²) in [5, 5.41) is 2.91. The van der Waals surface area contributed by atoms with Gasteiger partial charge in [-0.25, -0.2) is 13.8 Å². The molecule has 156 valence electrons. The van der Waals surface area contributed by atoms with Crippen LogP contribution in [0.3, 0.4) is 0 Å². The average molecular weight is 407 g/mol. The number of primary amides is 1. The number of alkyl halides is 2. The van der Waals surface area contributed by atoms with Crippen molar-refractivity contribution >= 4 is 23.7 Å². The van der Waals surface area contributed by atoms with Gasteiger partial charge in [0.2, 0.25) is 5.91 Å². The normalized spacial score (nSPS) is 13.7. The van der Waals surface area contributed by atoms with Crippen LogP contribution in [0.4, 0.5) is 20.3 Å². The number of halogens is 2. The zero-order valence-corrected chi connectivity index (χ0v) is 16.0. The number of benzene rings is 1. The Bertz CT molecular complexity index is 887. The number of aromatic nitrogens is 2. The van der Waals surface area contributed by atoms with E-state index in [-0.39, 0.29) is 19.4 Å². The van der Waals surface area contributed by atoms with Crippen LogP contribution >= 0.6 is 0 Å². The van der Waals surface area contributed by atoms with Crippen molar-refractivity contribution in [2.75, 3.05) is 30.4 Å². The highest BCUT2D eigenvalue weighted by molar-refractivity contribution is 5.79. The molecule has 2 aromatic rings. The zero-order valence-electron chi connectivity index (χ0n) is 16.0. The molecule has 1 amide bonds. The van der Waals surface area contributed by atoms with E-state index in [1.54, 1.807) is 31.4 Å². The molecule has 29 heavy (non-hydrogen) atoms. The number of imidazole rings is 1. The highest BCUT2D eigenvalue weighted by Gasteiger charge is 2.28. The first-order chi connectivity index (χ1) is 13.9. The molecule has 0 spiro atoms. The first-order valence-corrected chi connectivity index (χ1v) is 9.22. The van der Waals surface area contributed by atoms with Gasteiger partial charge in [0.05, 0.1) is 24.7 Å². The lowest BCUT2D eigenvalue weighted by molar-refractivity contribution is -0.116. The molecule has 0 aliphatic carbocycles. The summed E-state index contributed by atoms with van der Waals surface area (Å²) in [4.78, 5) is 27.5. The Kier molecular flexibility index (Phi) is 6.30. The lowest BCUT2D eigenvalue weighted by Gasteiger charge is -2.27. The maximum Gasteiger partial charge on any atom is 0.258 e. The maximum atomic E-state index is 13.5. The molecule has 0 fully saturated rings. The molecule has 1 aliphatic heterocycles. The number of fused-ring (bicyclic) bond motifs is 3. The van der Waals surface area contributed by atoms with E-state index >= 15 is 0 Å². The fourth-order valence-electron chi connectivity index (χ4n) is 3.23. The zero-order chi connectivity index (χ0) is 21.0. The average Bonchev–Trinajstić information content (AvgIpc) is 3.03. The molecule has 3 rings (SSSR count). The Morgan fingerprint density at radius 3 is 2.97 bits per heavy atom. The second-order valence-corrected chi connectivity index (χ2v) is 6.75. The molecule has 0 saturated heterocycles. The topological polar surface area (TPSA) is 102 Å². The van der Waals surface area contributed by atoms with E-state index in [1.807, 2.05) is 4.57 Å². The van der Waals surface area contributed by atoms with Crippen LogP contribution in [-0.2, 0) is 16.1 Å². The highest BCUT2D eigenvalue weighted by atomic mass is 19.3. The number of nitrogens with two attached hydrogens (primary N) is 1. The lowest BCUT2D eigenvalue weighted by Crippen LogP contribution is -2.38. The predicted molar refractivity (Wildman–Crippen MR) is 104 cm³/mol. The Balaban J connectivity index is 1.89. The van der Waals surface area contributed by atoms with Crippen LogP contribution in [0.15, 0.2) is 24.4 Å². The molecule has 3 N–H and O–H groups in total. The van der Waals surface area contributed by atoms with Gasteiger partial charge in [0.25, 0.3) is 6.43 Å². The van der Waals surface area contributed by atoms with Crippen molar-refractivity contribution in [3.8, 4) is 17.1 Å². The number of aldehydes is 1. The Morgan fingerprint density at radius 2 is 2.28 bits per heavy atom. The van der Waals surface area contributed by atoms with E-state index in [1.165, 1.54) is 4.90 Å². The summed E-state index contributed by atoms with van der Waals surface area (Å²) in [6.45, 7) is 0.878. The molecule has 1 aromatic carbocycles. The summed E-state index contributed by atoms with van der Waals surface area (Å²) in [5.41, 5.74) is 6.54. The molecule has 8 nitrogen and oxygen atoms in total. The Morgan fingerprint density at radius 1 is 1.48 bits per heavy atom. The molecule has 1 aromatic heterocycles. The Hall–Kier alpha value is -3.17. The summed E-state index contributed by atoms with van der Waals surface area (Å²) in [6, 6.07) is 4.21. The number of carbonyl (C=O) groups is 2. The largest absolute Gasteiger partial charge is 0.491 e. The molecule has 0 bridgehead atoms. The third kappa shape index (κ3) is 4.64. The van der Waals surface area contributed by atoms with Crippen LogP contribution in [0.1, 0.15) is 12.8 Å². The van der Waals surface area contributed by atoms with E-state index in [0.717, 1.165) is 0 Å². The number of amides is 1. The summed E-state index contributed by atoms with van der Waals surface area (Å²) in [7, 11) is 1.55. The van der Waals surface area contributed by atoms with Crippen molar-refractivity contribution in [2.24, 2.45) is 5.73 Å². The van der Waals surface area contributed by atoms with Crippen molar-refractivity contribution in [3.63, 3.8) is 0 Å². The van der Waals surface area contributed by atoms with Crippen LogP contribution in [0.2, 0.25) is 0 Å². The van der Waals surface area contributed by atoms with Crippen LogP contribution in [0.25, 0.3) is 11.4 Å². The lowest BCUT2D eigenvalue weighted by atomic mass is 10.1. The first kappa shape index (κ1) is 20.6. The van der Waals surface area contributed by atoms with Crippen molar-refractivity contribution in [1.29, 1.82) is 0 Å². The van der Waals surface area contributed by atoms with Crippen LogP contribution in [-0.4, -0.2) is 54.4 Å². The molecule has 10 heteroatoms. The number of anilines is 2. The van der Waals surface area contributed by atoms with Crippen molar-refractivity contribution in [2.45, 2.75) is 31.9 Å². The molecule has 0 radical (unpaired) electrons. The number of nitrogens with one attached hydrogen (secondary N) is 1. The Labute approximate surface area is 166 Å². The van der Waals surface area contributed by atoms with Gasteiger partial charge in [-0.3, -0.25) is 4.79 Å². The van der Waals surface area contributed by atoms with E-state index < -0.39 is 18.4 Å². The highest BCUT2D eigenvalue weighted by Crippen LogP contribution is 2.36. The van der Waals surface area contributed by atoms with Gasteiger partial charge in [0.15, 0.2) is 0 Å². The molecular formula is C19H23F2N5O3. The van der Waals surface area contributed by atoms with E-state index in [0.29, 0.717) is 48.1 Å². The number of ether oxygens (including phenoxy) is 1. The number of carbonyl (C=O) groups excluding carboxylic acids is 2. The fourth-order valence-corrected chi connectivity index (χ4v) is 3.23. The summed E-state index contributed by atoms with van der Waals surface area (Å²) in [5.74, 6) is 1.10. The second-order valence-electron chi connectivity index (χ2n) is 6.75. The molecule has 0 saturated carbocycles. The number of hydrogen-bond acceptors (Lipinski definition) is 6. The standard InChI is InChI=1S/C19H23F2N5O3/c1-25(14(18(20)21)3-2-7-27)17-11-26-6-8-29-15-9-12(23-10-16(22)28)4-5-13(15)19(26)24-17/h4-5,7,9,11,14,18,23H,2-3,6,8,10H2,1H3,(H2,22,28). The van der Waals surface area contributed by atoms with Crippen LogP contribution in [0, 0.1) is 0 Å². The van der Waals surface area contributed by atoms with Crippen LogP contribution in [0.5, 0.6) is 5.75 Å². The van der Waals surface area contributed by atoms with E-state index in [4.69, 9.17) is 10.5 Å². The predicted octanol–water partition coefficient (Wildman–Crippen LogP) is 1.89. The third-order valence-corrected chi connectivity index (χ3v) is 4.77. The van der Waals surface area contributed by atoms with E-state index in [9.17, 15) is 18.4 Å². The molecule has 2 heterocycles. The smallest absolute Gasteiger partial charge is 0.258 e. The molecule has 1 unspecified atom stereocenters. The van der Waals surface area contributed by atoms with Crippen molar-refractivity contribution < 1.29 is 23.1 Å². The molecule has 1 aliphatic rings. The summed E-state index contributed by atoms with van der Waals surface area (Å²) in [6.07, 6.45) is -0.137. The summed E-state index contributed by atoms with van der Waals surface area (Å²) < 4.78 is 34.6. The number of rotatable bonds is 9. The molecular weight excluding hydrogens is 384 g/mol. The van der Waals surface area contributed by atoms with Gasteiger partial charge in [0, 0.05) is 31.4 Å². The number of nitrogens with zero attached hydrogens (tertiary/aromatic N) is 3. The fraction of sp³-hybridized carbons (Fsp3) is 0.421. The van der Waals surface area contributed by atoms with E-state index in [2.05, 4.69) is 10.3 Å². The minimum Gasteiger partial charge on any atom is -0.491 e. The second kappa shape index (κ2) is 8.89. The van der Waals surface area contributed by atoms with Gasteiger partial charge in [0.1, 0.15) is 30.3 Å². The van der Waals surface area contributed by atoms with Gasteiger partial charge in [-0.15, -0.1) is 0 Å². The molecule has 1 atom stereocenters. The minimum atomic E-state index is -2.60. The first-order valence-electron chi connectivity index (χ1n) is 9.22. The van der Waals surface area contributed by atoms with Crippen LogP contribution < -0.4 is 20.7 Å². The SMILES string of the molecule is CN(c1cn2c(n1)-c1ccc(NCC(N)=O)cc1OCC2)C(CCC=O)C(F)F. The van der Waals surface area contributed by atoms with Gasteiger partial charge >= 0.3 is 0 Å². The minimum absolute atomic E-state index is 0.00182. The summed E-state index contributed by atoms with van der Waals surface area (Å²) >= 11 is 0. The number of hydrogen-bond donors (Lipinski definition) is 2. The van der Waals surface area contributed by atoms with Crippen molar-refractivity contribution in [1.82, 2.24) is 9.55 Å². The van der Waals surface area contributed by atoms with Gasteiger partial charge < -0.3 is 30.0 Å². The van der Waals surface area contributed by atoms with Crippen molar-refractivity contribution in [3.05, 3.63) is 24.4 Å². The monoisotopic (exact) mass is 407 g/mol. The van der Waals surface area contributed by atoms with Gasteiger partial charge in [-0.2, -0.15) is 0 Å². The third-order valence-electron chi connectivity index (χ3n) is 4.77. The maximum absolute atomic E-state index is 13.5. The quantitative estimate of drug-likeness (QED) is 0.616. The van der Waals surface area contributed by atoms with Gasteiger partial charge in [-0.1, -0.05) is 0 Å².